The fraction of sp³-hybridized carbons (Fsp3) is 0.714. The van der Waals surface area contributed by atoms with Crippen molar-refractivity contribution in [3.63, 3.8) is 0 Å². The summed E-state index contributed by atoms with van der Waals surface area (Å²) in [7, 11) is 0. The highest BCUT2D eigenvalue weighted by molar-refractivity contribution is 5.47. The van der Waals surface area contributed by atoms with E-state index in [0.717, 1.165) is 37.7 Å². The van der Waals surface area contributed by atoms with Crippen molar-refractivity contribution in [2.24, 2.45) is 34.5 Å². The zero-order valence-corrected chi connectivity index (χ0v) is 19.9. The molecule has 0 heterocycles. The first-order chi connectivity index (χ1) is 14.4. The van der Waals surface area contributed by atoms with E-state index in [-0.39, 0.29) is 16.9 Å². The Morgan fingerprint density at radius 2 is 1.77 bits per heavy atom. The average molecular weight is 427 g/mol. The van der Waals surface area contributed by atoms with Gasteiger partial charge in [0.25, 0.3) is 0 Å². The van der Waals surface area contributed by atoms with Gasteiger partial charge in [-0.15, -0.1) is 0 Å². The number of allylic oxidation sites excluding steroid dienone is 4. The van der Waals surface area contributed by atoms with Crippen LogP contribution in [0.25, 0.3) is 0 Å². The topological polar surface area (TPSA) is 60.7 Å². The molecule has 0 aromatic rings. The van der Waals surface area contributed by atoms with Crippen LogP contribution in [-0.4, -0.2) is 33.1 Å². The van der Waals surface area contributed by atoms with E-state index in [4.69, 9.17) is 0 Å². The van der Waals surface area contributed by atoms with Crippen molar-refractivity contribution in [2.75, 3.05) is 0 Å². The number of hydrogen-bond acceptors (Lipinski definition) is 3. The van der Waals surface area contributed by atoms with Crippen LogP contribution in [0.15, 0.2) is 48.1 Å². The Bertz CT molecular complexity index is 815. The smallest absolute Gasteiger partial charge is 0.0834 e. The molecule has 3 nitrogen and oxygen atoms in total. The van der Waals surface area contributed by atoms with Gasteiger partial charge in [-0.2, -0.15) is 0 Å². The molecule has 172 valence electrons. The summed E-state index contributed by atoms with van der Waals surface area (Å²) in [4.78, 5) is 0. The minimum absolute atomic E-state index is 0.0619. The Kier molecular flexibility index (Phi) is 5.72. The lowest BCUT2D eigenvalue weighted by molar-refractivity contribution is -0.176. The van der Waals surface area contributed by atoms with Gasteiger partial charge in [0, 0.05) is 0 Å². The Labute approximate surface area is 188 Å². The van der Waals surface area contributed by atoms with Crippen LogP contribution in [0.5, 0.6) is 0 Å². The molecule has 0 saturated heterocycles. The van der Waals surface area contributed by atoms with Crippen molar-refractivity contribution >= 4 is 0 Å². The van der Waals surface area contributed by atoms with E-state index in [1.165, 1.54) is 12.0 Å². The highest BCUT2D eigenvalue weighted by Crippen LogP contribution is 2.66. The first kappa shape index (κ1) is 23.0. The second-order valence-electron chi connectivity index (χ2n) is 11.9. The van der Waals surface area contributed by atoms with E-state index in [1.54, 1.807) is 13.8 Å². The SMILES string of the molecule is C=C(C=CC(=C)C(C)(C)O)C1=CC[C@H]2[C@@H]3CCC4CC(O)CC(O)[C@]4(C)[C@H]3CC[C@]12C. The van der Waals surface area contributed by atoms with Crippen molar-refractivity contribution < 1.29 is 15.3 Å². The second kappa shape index (κ2) is 7.71. The Morgan fingerprint density at radius 1 is 1.06 bits per heavy atom. The van der Waals surface area contributed by atoms with Crippen LogP contribution in [-0.2, 0) is 0 Å². The molecule has 31 heavy (non-hydrogen) atoms. The highest BCUT2D eigenvalue weighted by atomic mass is 16.3. The molecule has 4 aliphatic carbocycles. The van der Waals surface area contributed by atoms with Gasteiger partial charge in [-0.1, -0.05) is 45.2 Å². The second-order valence-corrected chi connectivity index (χ2v) is 11.9. The third kappa shape index (κ3) is 3.61. The summed E-state index contributed by atoms with van der Waals surface area (Å²) in [6.45, 7) is 16.6. The molecule has 4 rings (SSSR count). The maximum atomic E-state index is 11.1. The van der Waals surface area contributed by atoms with Gasteiger partial charge in [-0.25, -0.2) is 0 Å². The molecule has 0 spiro atoms. The average Bonchev–Trinajstić information content (AvgIpc) is 3.03. The summed E-state index contributed by atoms with van der Waals surface area (Å²) in [6.07, 6.45) is 12.7. The van der Waals surface area contributed by atoms with Gasteiger partial charge in [0.1, 0.15) is 0 Å². The predicted octanol–water partition coefficient (Wildman–Crippen LogP) is 5.34. The van der Waals surface area contributed by atoms with Crippen LogP contribution in [0.3, 0.4) is 0 Å². The number of hydrogen-bond donors (Lipinski definition) is 3. The molecular weight excluding hydrogens is 384 g/mol. The molecule has 3 heteroatoms. The van der Waals surface area contributed by atoms with E-state index in [9.17, 15) is 15.3 Å². The Morgan fingerprint density at radius 3 is 2.45 bits per heavy atom. The number of aliphatic hydroxyl groups excluding tert-OH is 2. The van der Waals surface area contributed by atoms with Crippen molar-refractivity contribution in [1.29, 1.82) is 0 Å². The lowest BCUT2D eigenvalue weighted by Gasteiger charge is -2.62. The molecular formula is C28H42O3. The van der Waals surface area contributed by atoms with Crippen molar-refractivity contribution in [1.82, 2.24) is 0 Å². The third-order valence-corrected chi connectivity index (χ3v) is 9.93. The van der Waals surface area contributed by atoms with Crippen LogP contribution in [0.1, 0.15) is 72.6 Å². The lowest BCUT2D eigenvalue weighted by Crippen LogP contribution is -2.59. The van der Waals surface area contributed by atoms with E-state index < -0.39 is 11.7 Å². The highest BCUT2D eigenvalue weighted by Gasteiger charge is 2.61. The van der Waals surface area contributed by atoms with Gasteiger partial charge in [-0.3, -0.25) is 0 Å². The molecule has 0 aromatic heterocycles. The third-order valence-electron chi connectivity index (χ3n) is 9.93. The molecule has 0 radical (unpaired) electrons. The fourth-order valence-corrected chi connectivity index (χ4v) is 7.86. The van der Waals surface area contributed by atoms with Crippen molar-refractivity contribution in [3.05, 3.63) is 48.1 Å². The molecule has 3 fully saturated rings. The Hall–Kier alpha value is -1.16. The van der Waals surface area contributed by atoms with E-state index in [1.807, 2.05) is 12.2 Å². The van der Waals surface area contributed by atoms with Gasteiger partial charge in [0.2, 0.25) is 0 Å². The monoisotopic (exact) mass is 426 g/mol. The van der Waals surface area contributed by atoms with Crippen molar-refractivity contribution in [3.8, 4) is 0 Å². The summed E-state index contributed by atoms with van der Waals surface area (Å²) >= 11 is 0. The molecule has 0 amide bonds. The number of fused-ring (bicyclic) bond motifs is 5. The van der Waals surface area contributed by atoms with Gasteiger partial charge < -0.3 is 15.3 Å². The largest absolute Gasteiger partial charge is 0.393 e. The number of rotatable bonds is 4. The van der Waals surface area contributed by atoms with Crippen LogP contribution >= 0.6 is 0 Å². The van der Waals surface area contributed by atoms with Gasteiger partial charge in [-0.05, 0) is 110 Å². The van der Waals surface area contributed by atoms with E-state index >= 15 is 0 Å². The summed E-state index contributed by atoms with van der Waals surface area (Å²) in [6, 6.07) is 0. The van der Waals surface area contributed by atoms with E-state index in [2.05, 4.69) is 33.1 Å². The van der Waals surface area contributed by atoms with Crippen LogP contribution in [0.4, 0.5) is 0 Å². The standard InChI is InChI=1S/C28H42O3/c1-17(7-8-18(2)26(3,4)31)22-11-12-23-21-10-9-19-15-20(29)16-25(30)28(19,6)24(21)13-14-27(22,23)5/h7-8,11,19-21,23-25,29-31H,1-2,9-10,12-16H2,3-6H3/t19?,20?,21-,23-,24-,25?,27+,28-/m0/s1. The van der Waals surface area contributed by atoms with Crippen LogP contribution < -0.4 is 0 Å². The number of aliphatic hydroxyl groups is 3. The molecule has 4 aliphatic rings. The van der Waals surface area contributed by atoms with Gasteiger partial charge in [0.05, 0.1) is 17.8 Å². The molecule has 3 saturated carbocycles. The normalized spacial score (nSPS) is 44.9. The molecule has 0 aromatic carbocycles. The summed E-state index contributed by atoms with van der Waals surface area (Å²) in [5, 5.41) is 31.5. The van der Waals surface area contributed by atoms with Crippen LogP contribution in [0, 0.1) is 34.5 Å². The minimum Gasteiger partial charge on any atom is -0.393 e. The van der Waals surface area contributed by atoms with Gasteiger partial charge >= 0.3 is 0 Å². The van der Waals surface area contributed by atoms with Gasteiger partial charge in [0.15, 0.2) is 0 Å². The quantitative estimate of drug-likeness (QED) is 0.532. The van der Waals surface area contributed by atoms with Crippen LogP contribution in [0.2, 0.25) is 0 Å². The molecule has 8 atom stereocenters. The zero-order chi connectivity index (χ0) is 22.8. The minimum atomic E-state index is -0.923. The maximum Gasteiger partial charge on any atom is 0.0834 e. The Balaban J connectivity index is 1.54. The predicted molar refractivity (Wildman–Crippen MR) is 126 cm³/mol. The molecule has 3 unspecified atom stereocenters. The van der Waals surface area contributed by atoms with E-state index in [0.29, 0.717) is 35.7 Å². The lowest BCUT2D eigenvalue weighted by atomic mass is 9.44. The first-order valence-corrected chi connectivity index (χ1v) is 12.2. The summed E-state index contributed by atoms with van der Waals surface area (Å²) in [5.74, 6) is 2.21. The molecule has 0 aliphatic heterocycles. The zero-order valence-electron chi connectivity index (χ0n) is 19.9. The summed E-state index contributed by atoms with van der Waals surface area (Å²) in [5.41, 5.74) is 2.23. The first-order valence-electron chi connectivity index (χ1n) is 12.2. The molecule has 3 N–H and O–H groups in total. The van der Waals surface area contributed by atoms with Crippen molar-refractivity contribution in [2.45, 2.75) is 90.4 Å². The molecule has 0 bridgehead atoms. The maximum absolute atomic E-state index is 11.1. The summed E-state index contributed by atoms with van der Waals surface area (Å²) < 4.78 is 0. The fourth-order valence-electron chi connectivity index (χ4n) is 7.86.